The zero-order valence-corrected chi connectivity index (χ0v) is 11.0. The molecule has 4 heteroatoms. The van der Waals surface area contributed by atoms with Gasteiger partial charge in [0.05, 0.1) is 5.92 Å². The Balaban J connectivity index is 5.12. The minimum absolute atomic E-state index is 0.107. The number of hydrogen-bond donors (Lipinski definition) is 2. The summed E-state index contributed by atoms with van der Waals surface area (Å²) in [5.41, 5.74) is 5.13. The van der Waals surface area contributed by atoms with Crippen LogP contribution < -0.4 is 11.1 Å². The van der Waals surface area contributed by atoms with E-state index in [0.717, 1.165) is 6.42 Å². The van der Waals surface area contributed by atoms with Crippen LogP contribution in [-0.4, -0.2) is 18.9 Å². The molecule has 0 aromatic heterocycles. The van der Waals surface area contributed by atoms with Gasteiger partial charge in [-0.25, -0.2) is 0 Å². The average Bonchev–Trinajstić information content (AvgIpc) is 2.14. The minimum atomic E-state index is -0.384. The lowest BCUT2D eigenvalue weighted by Gasteiger charge is -2.34. The lowest BCUT2D eigenvalue weighted by molar-refractivity contribution is -0.137. The van der Waals surface area contributed by atoms with Crippen LogP contribution in [0.25, 0.3) is 0 Å². The zero-order chi connectivity index (χ0) is 12.9. The summed E-state index contributed by atoms with van der Waals surface area (Å²) in [6, 6.07) is 0. The minimum Gasteiger partial charge on any atom is -0.369 e. The van der Waals surface area contributed by atoms with E-state index in [-0.39, 0.29) is 29.1 Å². The Labute approximate surface area is 98.0 Å². The molecule has 0 spiro atoms. The molecule has 94 valence electrons. The van der Waals surface area contributed by atoms with Gasteiger partial charge in [0.2, 0.25) is 11.8 Å². The van der Waals surface area contributed by atoms with Crippen LogP contribution in [0.2, 0.25) is 0 Å². The van der Waals surface area contributed by atoms with Crippen molar-refractivity contribution < 1.29 is 9.59 Å². The molecule has 2 unspecified atom stereocenters. The monoisotopic (exact) mass is 228 g/mol. The third kappa shape index (κ3) is 3.83. The van der Waals surface area contributed by atoms with Gasteiger partial charge in [-0.2, -0.15) is 0 Å². The summed E-state index contributed by atoms with van der Waals surface area (Å²) in [5.74, 6) is -1.24. The predicted octanol–water partition coefficient (Wildman–Crippen LogP) is 1.30. The highest BCUT2D eigenvalue weighted by molar-refractivity contribution is 5.87. The lowest BCUT2D eigenvalue weighted by Crippen LogP contribution is -2.45. The number of amides is 2. The van der Waals surface area contributed by atoms with Crippen molar-refractivity contribution in [3.05, 3.63) is 0 Å². The van der Waals surface area contributed by atoms with Crippen molar-refractivity contribution in [3.8, 4) is 0 Å². The summed E-state index contributed by atoms with van der Waals surface area (Å²) in [5, 5.41) is 2.62. The van der Waals surface area contributed by atoms with Crippen LogP contribution in [-0.2, 0) is 9.59 Å². The third-order valence-corrected chi connectivity index (χ3v) is 2.83. The molecular formula is C12H24N2O2. The highest BCUT2D eigenvalue weighted by Crippen LogP contribution is 2.34. The SMILES string of the molecule is CCCC(C(N)=O)C(C(=O)NC)C(C)(C)C. The number of hydrogen-bond acceptors (Lipinski definition) is 2. The van der Waals surface area contributed by atoms with E-state index in [4.69, 9.17) is 5.73 Å². The van der Waals surface area contributed by atoms with Crippen LogP contribution in [0.4, 0.5) is 0 Å². The van der Waals surface area contributed by atoms with Gasteiger partial charge in [-0.15, -0.1) is 0 Å². The first-order valence-corrected chi connectivity index (χ1v) is 5.76. The molecule has 3 N–H and O–H groups in total. The van der Waals surface area contributed by atoms with Crippen LogP contribution in [0.15, 0.2) is 0 Å². The fourth-order valence-corrected chi connectivity index (χ4v) is 2.12. The maximum Gasteiger partial charge on any atom is 0.224 e. The van der Waals surface area contributed by atoms with Crippen LogP contribution in [0.3, 0.4) is 0 Å². The Morgan fingerprint density at radius 3 is 2.06 bits per heavy atom. The molecule has 0 saturated carbocycles. The van der Waals surface area contributed by atoms with Crippen LogP contribution in [0.5, 0.6) is 0 Å². The Hall–Kier alpha value is -1.06. The van der Waals surface area contributed by atoms with E-state index in [0.29, 0.717) is 6.42 Å². The molecule has 0 aliphatic rings. The average molecular weight is 228 g/mol. The topological polar surface area (TPSA) is 72.2 Å². The Kier molecular flexibility index (Phi) is 5.48. The van der Waals surface area contributed by atoms with Gasteiger partial charge in [0.1, 0.15) is 0 Å². The van der Waals surface area contributed by atoms with E-state index in [2.05, 4.69) is 5.32 Å². The van der Waals surface area contributed by atoms with Crippen molar-refractivity contribution in [2.75, 3.05) is 7.05 Å². The number of rotatable bonds is 5. The fourth-order valence-electron chi connectivity index (χ4n) is 2.12. The molecule has 0 saturated heterocycles. The molecule has 0 rings (SSSR count). The molecule has 0 radical (unpaired) electrons. The van der Waals surface area contributed by atoms with Crippen molar-refractivity contribution in [1.82, 2.24) is 5.32 Å². The summed E-state index contributed by atoms with van der Waals surface area (Å²) >= 11 is 0. The first-order valence-electron chi connectivity index (χ1n) is 5.76. The van der Waals surface area contributed by atoms with E-state index < -0.39 is 0 Å². The molecule has 0 heterocycles. The summed E-state index contributed by atoms with van der Waals surface area (Å²) in [4.78, 5) is 23.3. The molecule has 0 aromatic rings. The summed E-state index contributed by atoms with van der Waals surface area (Å²) in [7, 11) is 1.59. The van der Waals surface area contributed by atoms with E-state index in [1.54, 1.807) is 7.05 Å². The normalized spacial score (nSPS) is 15.3. The molecule has 0 aromatic carbocycles. The Morgan fingerprint density at radius 1 is 1.31 bits per heavy atom. The zero-order valence-electron chi connectivity index (χ0n) is 11.0. The van der Waals surface area contributed by atoms with Gasteiger partial charge in [0.15, 0.2) is 0 Å². The van der Waals surface area contributed by atoms with Gasteiger partial charge in [-0.1, -0.05) is 34.1 Å². The van der Waals surface area contributed by atoms with E-state index in [9.17, 15) is 9.59 Å². The molecule has 16 heavy (non-hydrogen) atoms. The molecule has 0 bridgehead atoms. The number of nitrogens with one attached hydrogen (secondary N) is 1. The molecule has 2 atom stereocenters. The molecule has 0 fully saturated rings. The highest BCUT2D eigenvalue weighted by Gasteiger charge is 2.39. The first-order chi connectivity index (χ1) is 7.25. The molecule has 0 aliphatic heterocycles. The summed E-state index contributed by atoms with van der Waals surface area (Å²) in [6.07, 6.45) is 1.50. The van der Waals surface area contributed by atoms with Crippen molar-refractivity contribution >= 4 is 11.8 Å². The van der Waals surface area contributed by atoms with E-state index in [1.165, 1.54) is 0 Å². The standard InChI is InChI=1S/C12H24N2O2/c1-6-7-8(10(13)15)9(11(16)14-5)12(2,3)4/h8-9H,6-7H2,1-5H3,(H2,13,15)(H,14,16). The number of carbonyl (C=O) groups excluding carboxylic acids is 2. The van der Waals surface area contributed by atoms with Crippen molar-refractivity contribution in [1.29, 1.82) is 0 Å². The van der Waals surface area contributed by atoms with Crippen molar-refractivity contribution in [3.63, 3.8) is 0 Å². The van der Waals surface area contributed by atoms with E-state index in [1.807, 2.05) is 27.7 Å². The smallest absolute Gasteiger partial charge is 0.224 e. The second-order valence-corrected chi connectivity index (χ2v) is 5.26. The highest BCUT2D eigenvalue weighted by atomic mass is 16.2. The Morgan fingerprint density at radius 2 is 1.81 bits per heavy atom. The Bertz CT molecular complexity index is 256. The molecule has 0 aliphatic carbocycles. The second kappa shape index (κ2) is 5.87. The van der Waals surface area contributed by atoms with Crippen molar-refractivity contribution in [2.24, 2.45) is 23.0 Å². The number of nitrogens with two attached hydrogens (primary N) is 1. The number of primary amides is 1. The van der Waals surface area contributed by atoms with Crippen LogP contribution >= 0.6 is 0 Å². The van der Waals surface area contributed by atoms with Gasteiger partial charge < -0.3 is 11.1 Å². The predicted molar refractivity (Wildman–Crippen MR) is 64.6 cm³/mol. The van der Waals surface area contributed by atoms with Gasteiger partial charge in [0, 0.05) is 13.0 Å². The van der Waals surface area contributed by atoms with Gasteiger partial charge >= 0.3 is 0 Å². The van der Waals surface area contributed by atoms with Crippen molar-refractivity contribution in [2.45, 2.75) is 40.5 Å². The quantitative estimate of drug-likeness (QED) is 0.744. The molecule has 2 amide bonds. The van der Waals surface area contributed by atoms with E-state index >= 15 is 0 Å². The second-order valence-electron chi connectivity index (χ2n) is 5.26. The fraction of sp³-hybridized carbons (Fsp3) is 0.833. The largest absolute Gasteiger partial charge is 0.369 e. The van der Waals surface area contributed by atoms with Gasteiger partial charge in [0.25, 0.3) is 0 Å². The number of carbonyl (C=O) groups is 2. The summed E-state index contributed by atoms with van der Waals surface area (Å²) in [6.45, 7) is 7.86. The lowest BCUT2D eigenvalue weighted by atomic mass is 9.71. The van der Waals surface area contributed by atoms with Gasteiger partial charge in [-0.3, -0.25) is 9.59 Å². The maximum atomic E-state index is 11.9. The molecule has 4 nitrogen and oxygen atoms in total. The van der Waals surface area contributed by atoms with Gasteiger partial charge in [-0.05, 0) is 11.8 Å². The van der Waals surface area contributed by atoms with Crippen LogP contribution in [0.1, 0.15) is 40.5 Å². The molecular weight excluding hydrogens is 204 g/mol. The third-order valence-electron chi connectivity index (χ3n) is 2.83. The summed E-state index contributed by atoms with van der Waals surface area (Å²) < 4.78 is 0. The first kappa shape index (κ1) is 14.9. The van der Waals surface area contributed by atoms with Crippen LogP contribution in [0, 0.1) is 17.3 Å². The maximum absolute atomic E-state index is 11.9.